The Labute approximate surface area is 50.2 Å². The lowest BCUT2D eigenvalue weighted by molar-refractivity contribution is -0.0162. The van der Waals surface area contributed by atoms with E-state index >= 15 is 0 Å². The maximum Gasteiger partial charge on any atom is 0.188 e. The van der Waals surface area contributed by atoms with Gasteiger partial charge in [-0.1, -0.05) is 0 Å². The van der Waals surface area contributed by atoms with Crippen molar-refractivity contribution in [3.05, 3.63) is 10.7 Å². The maximum absolute atomic E-state index is 4.84. The second-order valence-electron chi connectivity index (χ2n) is 1.20. The molecule has 1 rings (SSSR count). The van der Waals surface area contributed by atoms with Crippen LogP contribution >= 0.6 is 15.9 Å². The van der Waals surface area contributed by atoms with Gasteiger partial charge in [-0.3, -0.25) is 0 Å². The summed E-state index contributed by atoms with van der Waals surface area (Å²) < 4.78 is 10.6. The van der Waals surface area contributed by atoms with Crippen LogP contribution in [0.1, 0.15) is 0 Å². The standard InChI is InChI=1S/C4H5BrO2/c5-4-1-6-3-7-2-4/h1H,2-3H2. The van der Waals surface area contributed by atoms with Crippen molar-refractivity contribution in [2.75, 3.05) is 13.4 Å². The summed E-state index contributed by atoms with van der Waals surface area (Å²) in [7, 11) is 0. The third-order valence-electron chi connectivity index (χ3n) is 0.603. The van der Waals surface area contributed by atoms with Crippen LogP contribution in [0.4, 0.5) is 0 Å². The van der Waals surface area contributed by atoms with Crippen LogP contribution < -0.4 is 0 Å². The van der Waals surface area contributed by atoms with Crippen LogP contribution in [0.5, 0.6) is 0 Å². The topological polar surface area (TPSA) is 18.5 Å². The maximum atomic E-state index is 4.84. The van der Waals surface area contributed by atoms with Crippen molar-refractivity contribution in [1.82, 2.24) is 0 Å². The quantitative estimate of drug-likeness (QED) is 0.537. The summed E-state index contributed by atoms with van der Waals surface area (Å²) in [5, 5.41) is 0. The molecule has 0 saturated heterocycles. The Kier molecular flexibility index (Phi) is 1.70. The lowest BCUT2D eigenvalue weighted by Crippen LogP contribution is -2.03. The van der Waals surface area contributed by atoms with Crippen molar-refractivity contribution in [3.63, 3.8) is 0 Å². The highest BCUT2D eigenvalue weighted by Crippen LogP contribution is 2.08. The van der Waals surface area contributed by atoms with E-state index in [1.54, 1.807) is 6.26 Å². The Hall–Kier alpha value is -0.0200. The molecule has 0 bridgehead atoms. The second-order valence-corrected chi connectivity index (χ2v) is 2.22. The first-order valence-corrected chi connectivity index (χ1v) is 2.73. The highest BCUT2D eigenvalue weighted by Gasteiger charge is 1.96. The Bertz CT molecular complexity index is 89.7. The summed E-state index contributed by atoms with van der Waals surface area (Å²) in [4.78, 5) is 0. The van der Waals surface area contributed by atoms with E-state index in [2.05, 4.69) is 15.9 Å². The summed E-state index contributed by atoms with van der Waals surface area (Å²) in [6.45, 7) is 1.02. The molecule has 0 aromatic carbocycles. The fourth-order valence-electron chi connectivity index (χ4n) is 0.346. The molecule has 0 saturated carbocycles. The number of ether oxygens (including phenoxy) is 2. The number of hydrogen-bond acceptors (Lipinski definition) is 2. The van der Waals surface area contributed by atoms with Crippen molar-refractivity contribution in [2.45, 2.75) is 0 Å². The monoisotopic (exact) mass is 164 g/mol. The molecule has 40 valence electrons. The van der Waals surface area contributed by atoms with Gasteiger partial charge in [-0.15, -0.1) is 0 Å². The van der Waals surface area contributed by atoms with Gasteiger partial charge in [-0.2, -0.15) is 0 Å². The van der Waals surface area contributed by atoms with Crippen molar-refractivity contribution in [2.24, 2.45) is 0 Å². The molecule has 1 heterocycles. The van der Waals surface area contributed by atoms with E-state index in [0.29, 0.717) is 13.4 Å². The van der Waals surface area contributed by atoms with Crippen LogP contribution in [-0.2, 0) is 9.47 Å². The molecule has 0 atom stereocenters. The highest BCUT2D eigenvalue weighted by molar-refractivity contribution is 9.11. The van der Waals surface area contributed by atoms with Gasteiger partial charge in [0, 0.05) is 0 Å². The summed E-state index contributed by atoms with van der Waals surface area (Å²) in [5.74, 6) is 0. The van der Waals surface area contributed by atoms with Crippen molar-refractivity contribution in [3.8, 4) is 0 Å². The van der Waals surface area contributed by atoms with Gasteiger partial charge in [0.1, 0.15) is 0 Å². The largest absolute Gasteiger partial charge is 0.474 e. The van der Waals surface area contributed by atoms with E-state index < -0.39 is 0 Å². The molecule has 0 N–H and O–H groups in total. The van der Waals surface area contributed by atoms with Gasteiger partial charge < -0.3 is 9.47 Å². The molecule has 0 spiro atoms. The minimum Gasteiger partial charge on any atom is -0.474 e. The number of rotatable bonds is 0. The number of hydrogen-bond donors (Lipinski definition) is 0. The Balaban J connectivity index is 2.40. The summed E-state index contributed by atoms with van der Waals surface area (Å²) >= 11 is 3.20. The smallest absolute Gasteiger partial charge is 0.188 e. The third-order valence-corrected chi connectivity index (χ3v) is 1.02. The average Bonchev–Trinajstić information content (AvgIpc) is 1.69. The Morgan fingerprint density at radius 3 is 2.86 bits per heavy atom. The van der Waals surface area contributed by atoms with E-state index in [1.807, 2.05) is 0 Å². The summed E-state index contributed by atoms with van der Waals surface area (Å²) in [6, 6.07) is 0. The van der Waals surface area contributed by atoms with Gasteiger partial charge >= 0.3 is 0 Å². The first-order chi connectivity index (χ1) is 3.39. The molecule has 0 aromatic heterocycles. The van der Waals surface area contributed by atoms with Gasteiger partial charge in [0.25, 0.3) is 0 Å². The minimum absolute atomic E-state index is 0.384. The molecule has 1 aliphatic rings. The molecule has 0 amide bonds. The van der Waals surface area contributed by atoms with Crippen LogP contribution in [0.3, 0.4) is 0 Å². The molecule has 0 aliphatic carbocycles. The average molecular weight is 165 g/mol. The molecule has 0 unspecified atom stereocenters. The number of halogens is 1. The first kappa shape index (κ1) is 5.12. The molecular formula is C4H5BrO2. The third kappa shape index (κ3) is 1.49. The second kappa shape index (κ2) is 2.33. The lowest BCUT2D eigenvalue weighted by Gasteiger charge is -2.08. The molecular weight excluding hydrogens is 160 g/mol. The minimum atomic E-state index is 0.384. The van der Waals surface area contributed by atoms with Gasteiger partial charge in [-0.05, 0) is 15.9 Å². The SMILES string of the molecule is BrC1=COCOC1. The normalized spacial score (nSPS) is 20.4. The predicted molar refractivity (Wildman–Crippen MR) is 28.9 cm³/mol. The predicted octanol–water partition coefficient (Wildman–Crippen LogP) is 1.23. The molecule has 2 nitrogen and oxygen atoms in total. The zero-order chi connectivity index (χ0) is 5.11. The zero-order valence-corrected chi connectivity index (χ0v) is 5.27. The van der Waals surface area contributed by atoms with Crippen molar-refractivity contribution < 1.29 is 9.47 Å². The van der Waals surface area contributed by atoms with Gasteiger partial charge in [0.2, 0.25) is 0 Å². The summed E-state index contributed by atoms with van der Waals surface area (Å²) in [6.07, 6.45) is 1.64. The van der Waals surface area contributed by atoms with E-state index in [0.717, 1.165) is 4.48 Å². The Morgan fingerprint density at radius 1 is 1.71 bits per heavy atom. The van der Waals surface area contributed by atoms with Crippen molar-refractivity contribution in [1.29, 1.82) is 0 Å². The molecule has 7 heavy (non-hydrogen) atoms. The van der Waals surface area contributed by atoms with E-state index in [4.69, 9.17) is 9.47 Å². The molecule has 3 heteroatoms. The first-order valence-electron chi connectivity index (χ1n) is 1.93. The molecule has 0 aromatic rings. The zero-order valence-electron chi connectivity index (χ0n) is 3.69. The van der Waals surface area contributed by atoms with Crippen LogP contribution in [0.2, 0.25) is 0 Å². The van der Waals surface area contributed by atoms with Crippen LogP contribution in [0.15, 0.2) is 10.7 Å². The Morgan fingerprint density at radius 2 is 2.57 bits per heavy atom. The highest BCUT2D eigenvalue weighted by atomic mass is 79.9. The molecule has 0 radical (unpaired) electrons. The summed E-state index contributed by atoms with van der Waals surface area (Å²) in [5.41, 5.74) is 0. The van der Waals surface area contributed by atoms with Gasteiger partial charge in [-0.25, -0.2) is 0 Å². The van der Waals surface area contributed by atoms with Crippen LogP contribution in [0.25, 0.3) is 0 Å². The molecule has 1 aliphatic heterocycles. The van der Waals surface area contributed by atoms with E-state index in [-0.39, 0.29) is 0 Å². The lowest BCUT2D eigenvalue weighted by atomic mass is 10.6. The van der Waals surface area contributed by atoms with E-state index in [1.165, 1.54) is 0 Å². The fraction of sp³-hybridized carbons (Fsp3) is 0.500. The van der Waals surface area contributed by atoms with Gasteiger partial charge in [0.15, 0.2) is 6.79 Å². The van der Waals surface area contributed by atoms with Gasteiger partial charge in [0.05, 0.1) is 17.4 Å². The molecule has 0 fully saturated rings. The van der Waals surface area contributed by atoms with E-state index in [9.17, 15) is 0 Å². The van der Waals surface area contributed by atoms with Crippen LogP contribution in [-0.4, -0.2) is 13.4 Å². The van der Waals surface area contributed by atoms with Crippen LogP contribution in [0, 0.1) is 0 Å². The fourth-order valence-corrected chi connectivity index (χ4v) is 0.640. The van der Waals surface area contributed by atoms with Crippen molar-refractivity contribution >= 4 is 15.9 Å².